The first-order valence-electron chi connectivity index (χ1n) is 11.6. The Hall–Kier alpha value is -4.24. The van der Waals surface area contributed by atoms with Crippen LogP contribution in [0.15, 0.2) is 116 Å². The van der Waals surface area contributed by atoms with E-state index in [-0.39, 0.29) is 6.17 Å². The number of para-hydroxylation sites is 2. The topological polar surface area (TPSA) is 20.2 Å². The molecule has 4 aromatic rings. The first-order chi connectivity index (χ1) is 16.7. The maximum Gasteiger partial charge on any atom is 0.119 e. The van der Waals surface area contributed by atoms with Gasteiger partial charge in [-0.2, -0.15) is 0 Å². The molecule has 0 saturated carbocycles. The maximum absolute atomic E-state index is 3.86. The summed E-state index contributed by atoms with van der Waals surface area (Å²) in [6.45, 7) is 6.04. The third kappa shape index (κ3) is 3.86. The van der Waals surface area contributed by atoms with E-state index in [1.54, 1.807) is 0 Å². The van der Waals surface area contributed by atoms with E-state index in [0.717, 1.165) is 11.5 Å². The summed E-state index contributed by atoms with van der Waals surface area (Å²) in [7, 11) is 2.14. The van der Waals surface area contributed by atoms with Crippen LogP contribution < -0.4 is 10.2 Å². The third-order valence-corrected chi connectivity index (χ3v) is 6.43. The molecule has 34 heavy (non-hydrogen) atoms. The Kier molecular flexibility index (Phi) is 5.92. The number of aryl methyl sites for hydroxylation is 1. The lowest BCUT2D eigenvalue weighted by atomic mass is 10.0. The third-order valence-electron chi connectivity index (χ3n) is 6.43. The van der Waals surface area contributed by atoms with Gasteiger partial charge in [-0.1, -0.05) is 91.5 Å². The average molecular weight is 444 g/mol. The Labute approximate surface area is 201 Å². The fraction of sp³-hybridized carbons (Fsp3) is 0.0968. The fourth-order valence-corrected chi connectivity index (χ4v) is 4.70. The number of aromatic nitrogens is 1. The first kappa shape index (κ1) is 21.6. The van der Waals surface area contributed by atoms with E-state index in [1.807, 2.05) is 12.2 Å². The molecule has 5 rings (SSSR count). The standard InChI is InChI=1S/C31H29N3/c1-4-5-18-27-23(2)25-16-9-12-20-29(25)34(27)31-22-13-21-30(32-31)33(3)28-19-11-10-17-26(28)24-14-7-6-8-15-24/h4-22,30,32H,1H2,2-3H3/b18-5-. The largest absolute Gasteiger partial charge is 0.351 e. The molecule has 1 unspecified atom stereocenters. The number of fused-ring (bicyclic) bond motifs is 1. The number of nitrogens with zero attached hydrogens (tertiary/aromatic N) is 2. The van der Waals surface area contributed by atoms with Crippen molar-refractivity contribution in [3.63, 3.8) is 0 Å². The molecule has 1 aliphatic rings. The van der Waals surface area contributed by atoms with Crippen molar-refractivity contribution in [3.05, 3.63) is 127 Å². The Morgan fingerprint density at radius 3 is 2.50 bits per heavy atom. The molecule has 0 amide bonds. The van der Waals surface area contributed by atoms with Crippen LogP contribution in [0.5, 0.6) is 0 Å². The maximum atomic E-state index is 3.86. The first-order valence-corrected chi connectivity index (χ1v) is 11.6. The Balaban J connectivity index is 1.53. The van der Waals surface area contributed by atoms with Crippen LogP contribution in [0.2, 0.25) is 0 Å². The van der Waals surface area contributed by atoms with Gasteiger partial charge in [-0.05, 0) is 48.4 Å². The molecule has 0 spiro atoms. The second kappa shape index (κ2) is 9.32. The summed E-state index contributed by atoms with van der Waals surface area (Å²) in [4.78, 5) is 2.30. The van der Waals surface area contributed by atoms with Gasteiger partial charge in [0.2, 0.25) is 0 Å². The molecular weight excluding hydrogens is 414 g/mol. The molecule has 0 aliphatic carbocycles. The number of nitrogens with one attached hydrogen (secondary N) is 1. The minimum absolute atomic E-state index is 0.00237. The Morgan fingerprint density at radius 2 is 1.68 bits per heavy atom. The number of hydrogen-bond donors (Lipinski definition) is 1. The molecule has 3 aromatic carbocycles. The molecule has 1 aromatic heterocycles. The lowest BCUT2D eigenvalue weighted by molar-refractivity contribution is 0.669. The van der Waals surface area contributed by atoms with Crippen molar-refractivity contribution in [1.29, 1.82) is 0 Å². The molecular formula is C31H29N3. The highest BCUT2D eigenvalue weighted by atomic mass is 15.3. The molecule has 3 nitrogen and oxygen atoms in total. The zero-order valence-electron chi connectivity index (χ0n) is 19.6. The predicted octanol–water partition coefficient (Wildman–Crippen LogP) is 7.24. The van der Waals surface area contributed by atoms with E-state index in [4.69, 9.17) is 0 Å². The van der Waals surface area contributed by atoms with Crippen molar-refractivity contribution < 1.29 is 0 Å². The SMILES string of the molecule is C=C/C=C\c1c(C)c2ccccc2n1C1=CC=CC(N(C)c2ccccc2-c2ccccc2)N1. The van der Waals surface area contributed by atoms with Crippen LogP contribution in [0, 0.1) is 6.92 Å². The molecule has 1 atom stereocenters. The van der Waals surface area contributed by atoms with Gasteiger partial charge in [0, 0.05) is 23.7 Å². The lowest BCUT2D eigenvalue weighted by Gasteiger charge is -2.34. The molecule has 0 radical (unpaired) electrons. The van der Waals surface area contributed by atoms with Crippen molar-refractivity contribution in [3.8, 4) is 11.1 Å². The van der Waals surface area contributed by atoms with Gasteiger partial charge in [0.05, 0.1) is 11.2 Å². The van der Waals surface area contributed by atoms with Crippen LogP contribution in [0.25, 0.3) is 33.9 Å². The van der Waals surface area contributed by atoms with Gasteiger partial charge in [-0.3, -0.25) is 4.57 Å². The summed E-state index contributed by atoms with van der Waals surface area (Å²) >= 11 is 0. The molecule has 0 fully saturated rings. The van der Waals surface area contributed by atoms with Gasteiger partial charge in [0.1, 0.15) is 12.0 Å². The van der Waals surface area contributed by atoms with E-state index in [9.17, 15) is 0 Å². The van der Waals surface area contributed by atoms with E-state index < -0.39 is 0 Å². The summed E-state index contributed by atoms with van der Waals surface area (Å²) in [6, 6.07) is 27.7. The van der Waals surface area contributed by atoms with E-state index in [2.05, 4.69) is 139 Å². The van der Waals surface area contributed by atoms with Crippen LogP contribution in [-0.4, -0.2) is 17.8 Å². The van der Waals surface area contributed by atoms with Gasteiger partial charge in [0.15, 0.2) is 0 Å². The molecule has 1 aliphatic heterocycles. The smallest absolute Gasteiger partial charge is 0.119 e. The number of dihydropyridines is 1. The van der Waals surface area contributed by atoms with Crippen LogP contribution >= 0.6 is 0 Å². The zero-order valence-corrected chi connectivity index (χ0v) is 19.6. The minimum Gasteiger partial charge on any atom is -0.351 e. The summed E-state index contributed by atoms with van der Waals surface area (Å²) in [5.41, 5.74) is 7.20. The highest BCUT2D eigenvalue weighted by Crippen LogP contribution is 2.33. The van der Waals surface area contributed by atoms with Crippen LogP contribution in [0.1, 0.15) is 11.3 Å². The zero-order chi connectivity index (χ0) is 23.5. The minimum atomic E-state index is 0.00237. The molecule has 0 bridgehead atoms. The average Bonchev–Trinajstić information content (AvgIpc) is 3.19. The number of rotatable bonds is 6. The Bertz CT molecular complexity index is 1420. The predicted molar refractivity (Wildman–Crippen MR) is 147 cm³/mol. The molecule has 1 N–H and O–H groups in total. The van der Waals surface area contributed by atoms with Gasteiger partial charge in [-0.15, -0.1) is 0 Å². The van der Waals surface area contributed by atoms with Crippen molar-refractivity contribution >= 4 is 28.5 Å². The van der Waals surface area contributed by atoms with Crippen molar-refractivity contribution in [2.24, 2.45) is 0 Å². The quantitative estimate of drug-likeness (QED) is 0.317. The summed E-state index contributed by atoms with van der Waals surface area (Å²) in [6.07, 6.45) is 12.4. The molecule has 2 heterocycles. The number of hydrogen-bond acceptors (Lipinski definition) is 2. The summed E-state index contributed by atoms with van der Waals surface area (Å²) in [5, 5.41) is 5.03. The fourth-order valence-electron chi connectivity index (χ4n) is 4.70. The van der Waals surface area contributed by atoms with E-state index in [1.165, 1.54) is 33.3 Å². The second-order valence-corrected chi connectivity index (χ2v) is 8.48. The Morgan fingerprint density at radius 1 is 0.941 bits per heavy atom. The van der Waals surface area contributed by atoms with Crippen molar-refractivity contribution in [2.45, 2.75) is 13.1 Å². The highest BCUT2D eigenvalue weighted by Gasteiger charge is 2.22. The van der Waals surface area contributed by atoms with Crippen LogP contribution in [0.4, 0.5) is 5.69 Å². The number of likely N-dealkylation sites (N-methyl/N-ethyl adjacent to an activating group) is 1. The van der Waals surface area contributed by atoms with Crippen molar-refractivity contribution in [2.75, 3.05) is 11.9 Å². The second-order valence-electron chi connectivity index (χ2n) is 8.48. The molecule has 168 valence electrons. The summed E-state index contributed by atoms with van der Waals surface area (Å²) < 4.78 is 2.30. The van der Waals surface area contributed by atoms with Gasteiger partial charge in [0.25, 0.3) is 0 Å². The highest BCUT2D eigenvalue weighted by molar-refractivity contribution is 5.91. The van der Waals surface area contributed by atoms with Gasteiger partial charge >= 0.3 is 0 Å². The number of allylic oxidation sites excluding steroid dienone is 4. The van der Waals surface area contributed by atoms with Gasteiger partial charge < -0.3 is 10.2 Å². The van der Waals surface area contributed by atoms with Crippen LogP contribution in [0.3, 0.4) is 0 Å². The molecule has 3 heteroatoms. The van der Waals surface area contributed by atoms with E-state index in [0.29, 0.717) is 0 Å². The number of anilines is 1. The molecule has 0 saturated heterocycles. The van der Waals surface area contributed by atoms with Gasteiger partial charge in [-0.25, -0.2) is 0 Å². The number of benzene rings is 3. The van der Waals surface area contributed by atoms with E-state index >= 15 is 0 Å². The monoisotopic (exact) mass is 443 g/mol. The normalized spacial score (nSPS) is 15.4. The lowest BCUT2D eigenvalue weighted by Crippen LogP contribution is -2.43. The summed E-state index contributed by atoms with van der Waals surface area (Å²) in [5.74, 6) is 1.05. The van der Waals surface area contributed by atoms with Crippen LogP contribution in [-0.2, 0) is 0 Å². The van der Waals surface area contributed by atoms with Crippen molar-refractivity contribution in [1.82, 2.24) is 9.88 Å².